The van der Waals surface area contributed by atoms with Crippen LogP contribution in [0.25, 0.3) is 0 Å². The van der Waals surface area contributed by atoms with Crippen LogP contribution >= 0.6 is 16.9 Å². The lowest BCUT2D eigenvalue weighted by Gasteiger charge is -2.21. The largest absolute Gasteiger partial charge is 0.700 e. The first kappa shape index (κ1) is 21.7. The van der Waals surface area contributed by atoms with Crippen molar-refractivity contribution in [3.8, 4) is 0 Å². The van der Waals surface area contributed by atoms with Crippen molar-refractivity contribution >= 4 is 25.2 Å². The Hall–Kier alpha value is -0.383. The van der Waals surface area contributed by atoms with E-state index in [2.05, 4.69) is 14.0 Å². The maximum absolute atomic E-state index is 10.8. The molecule has 5 N–H and O–H groups in total. The second-order valence-electron chi connectivity index (χ2n) is 5.93. The highest BCUT2D eigenvalue weighted by atomic mass is 31.2. The molecular weight excluding hydrogens is 376 g/mol. The fraction of sp³-hybridized carbons (Fsp3) is 0.583. The summed E-state index contributed by atoms with van der Waals surface area (Å²) in [4.78, 5) is 40.4. The molecule has 0 bridgehead atoms. The summed E-state index contributed by atoms with van der Waals surface area (Å²) < 4.78 is 19.6. The molecule has 1 aromatic heterocycles. The normalized spacial score (nSPS) is 15.4. The van der Waals surface area contributed by atoms with Crippen LogP contribution in [-0.4, -0.2) is 43.9 Å². The lowest BCUT2D eigenvalue weighted by atomic mass is 10.1. The summed E-state index contributed by atoms with van der Waals surface area (Å²) in [5.41, 5.74) is 1.26. The van der Waals surface area contributed by atoms with Gasteiger partial charge in [-0.25, -0.2) is 0 Å². The Bertz CT molecular complexity index is 556. The molecule has 2 atom stereocenters. The van der Waals surface area contributed by atoms with Gasteiger partial charge in [0.05, 0.1) is 6.42 Å². The first-order chi connectivity index (χ1) is 11.0. The molecule has 1 heterocycles. The first-order valence-corrected chi connectivity index (χ1v) is 12.5. The molecule has 0 radical (unpaired) electrons. The molecule has 24 heavy (non-hydrogen) atoms. The van der Waals surface area contributed by atoms with Crippen LogP contribution in [0, 0.1) is 0 Å². The second-order valence-corrected chi connectivity index (χ2v) is 11.4. The third-order valence-corrected chi connectivity index (χ3v) is 5.45. The monoisotopic (exact) mass is 398 g/mol. The summed E-state index contributed by atoms with van der Waals surface area (Å²) in [6.07, 6.45) is 4.05. The first-order valence-electron chi connectivity index (χ1n) is 7.09. The lowest BCUT2D eigenvalue weighted by Crippen LogP contribution is -2.34. The van der Waals surface area contributed by atoms with Gasteiger partial charge in [0.2, 0.25) is 0 Å². The summed E-state index contributed by atoms with van der Waals surface area (Å²) >= 11 is 0. The smallest absolute Gasteiger partial charge is 0.432 e. The van der Waals surface area contributed by atoms with Crippen molar-refractivity contribution < 1.29 is 38.2 Å². The molecule has 0 amide bonds. The molecule has 0 aromatic carbocycles. The van der Waals surface area contributed by atoms with E-state index >= 15 is 0 Å². The minimum absolute atomic E-state index is 0.421. The van der Waals surface area contributed by atoms with Gasteiger partial charge in [-0.05, 0) is 43.1 Å². The quantitative estimate of drug-likeness (QED) is 0.223. The topological polar surface area (TPSA) is 150 Å². The summed E-state index contributed by atoms with van der Waals surface area (Å²) in [7, 11) is -8.34. The highest BCUT2D eigenvalue weighted by Crippen LogP contribution is 2.38. The van der Waals surface area contributed by atoms with Crippen molar-refractivity contribution in [2.75, 3.05) is 0 Å². The molecule has 0 saturated carbocycles. The lowest BCUT2D eigenvalue weighted by molar-refractivity contribution is -0.274. The Balaban J connectivity index is 2.77. The molecule has 0 aliphatic heterocycles. The molecule has 136 valence electrons. The Kier molecular flexibility index (Phi) is 8.44. The molecule has 0 aliphatic carbocycles. The fourth-order valence-electron chi connectivity index (χ4n) is 2.09. The molecule has 0 aliphatic rings. The summed E-state index contributed by atoms with van der Waals surface area (Å²) in [5, 5.41) is 10.0. The number of hydrogen-bond donors (Lipinski definition) is 5. The van der Waals surface area contributed by atoms with Gasteiger partial charge >= 0.3 is 22.8 Å². The van der Waals surface area contributed by atoms with Gasteiger partial charge in [-0.3, -0.25) is 9.51 Å². The zero-order chi connectivity index (χ0) is 18.4. The van der Waals surface area contributed by atoms with Crippen LogP contribution < -0.4 is 0 Å². The third kappa shape index (κ3) is 9.19. The average molecular weight is 398 g/mol. The van der Waals surface area contributed by atoms with E-state index in [0.717, 1.165) is 18.0 Å². The van der Waals surface area contributed by atoms with E-state index in [9.17, 15) is 14.5 Å². The predicted molar refractivity (Wildman–Crippen MR) is 89.1 cm³/mol. The van der Waals surface area contributed by atoms with Crippen molar-refractivity contribution in [1.82, 2.24) is 4.98 Å². The van der Waals surface area contributed by atoms with Gasteiger partial charge in [-0.2, -0.15) is 0 Å². The number of aryl methyl sites for hydroxylation is 1. The molecular formula is C12H22NO8P2Si+. The van der Waals surface area contributed by atoms with Crippen molar-refractivity contribution in [3.63, 3.8) is 0 Å². The number of pyridine rings is 1. The van der Waals surface area contributed by atoms with E-state index in [1.807, 2.05) is 13.1 Å². The zero-order valence-corrected chi connectivity index (χ0v) is 16.2. The minimum atomic E-state index is -3.23. The van der Waals surface area contributed by atoms with Crippen molar-refractivity contribution in [2.24, 2.45) is 0 Å². The van der Waals surface area contributed by atoms with Crippen LogP contribution in [0.1, 0.15) is 17.5 Å². The summed E-state index contributed by atoms with van der Waals surface area (Å²) in [6, 6.07) is 2.43. The summed E-state index contributed by atoms with van der Waals surface area (Å²) in [5.74, 6) is -2.66. The van der Waals surface area contributed by atoms with Gasteiger partial charge < -0.3 is 19.7 Å². The maximum Gasteiger partial charge on any atom is 0.700 e. The van der Waals surface area contributed by atoms with Crippen molar-refractivity contribution in [3.05, 3.63) is 29.6 Å². The molecule has 9 nitrogen and oxygen atoms in total. The van der Waals surface area contributed by atoms with Gasteiger partial charge in [0.1, 0.15) is 0 Å². The van der Waals surface area contributed by atoms with Crippen molar-refractivity contribution in [1.29, 1.82) is 0 Å². The number of nitrogens with zero attached hydrogens (tertiary/aromatic N) is 1. The average Bonchev–Trinajstić information content (AvgIpc) is 2.34. The van der Waals surface area contributed by atoms with Gasteiger partial charge in [-0.15, -0.1) is 4.89 Å². The number of aromatic nitrogens is 1. The number of hydrogen-bond acceptors (Lipinski definition) is 8. The minimum Gasteiger partial charge on any atom is -0.432 e. The third-order valence-electron chi connectivity index (χ3n) is 2.98. The predicted octanol–water partition coefficient (Wildman–Crippen LogP) is 1.29. The molecule has 1 aromatic rings. The van der Waals surface area contributed by atoms with Crippen LogP contribution in [0.15, 0.2) is 18.5 Å². The molecule has 0 saturated heterocycles. The fourth-order valence-corrected chi connectivity index (χ4v) is 3.89. The molecule has 0 spiro atoms. The van der Waals surface area contributed by atoms with E-state index in [-0.39, 0.29) is 0 Å². The van der Waals surface area contributed by atoms with Crippen LogP contribution in [0.4, 0.5) is 0 Å². The van der Waals surface area contributed by atoms with Gasteiger partial charge in [0, 0.05) is 17.0 Å². The Labute approximate surface area is 143 Å². The Morgan fingerprint density at radius 2 is 1.96 bits per heavy atom. The van der Waals surface area contributed by atoms with E-state index in [1.54, 1.807) is 12.3 Å². The molecule has 12 heteroatoms. The highest BCUT2D eigenvalue weighted by Gasteiger charge is 2.42. The number of rotatable bonds is 10. The van der Waals surface area contributed by atoms with E-state index in [4.69, 9.17) is 14.7 Å². The van der Waals surface area contributed by atoms with Crippen LogP contribution in [0.3, 0.4) is 0 Å². The standard InChI is InChI=1S/C12H21NO8P2Si/c1-24(2,19)5-3-4-10-6-11(9-13-8-10)7-12(14,20-22(15)16)21-23(17)18/h6,8-9,14-16,19H,3-5,7H2,1-2H3/p+1. The number of aliphatic hydroxyl groups is 1. The molecule has 1 rings (SSSR count). The highest BCUT2D eigenvalue weighted by molar-refractivity contribution is 7.39. The van der Waals surface area contributed by atoms with E-state index in [0.29, 0.717) is 12.0 Å². The zero-order valence-electron chi connectivity index (χ0n) is 13.4. The second kappa shape index (κ2) is 9.35. The van der Waals surface area contributed by atoms with Crippen LogP contribution in [0.2, 0.25) is 19.1 Å². The van der Waals surface area contributed by atoms with Gasteiger partial charge in [0.25, 0.3) is 0 Å². The Morgan fingerprint density at radius 3 is 2.50 bits per heavy atom. The van der Waals surface area contributed by atoms with Crippen LogP contribution in [-0.2, 0) is 26.5 Å². The van der Waals surface area contributed by atoms with E-state index in [1.165, 1.54) is 6.20 Å². The maximum atomic E-state index is 10.8. The summed E-state index contributed by atoms with van der Waals surface area (Å²) in [6.45, 7) is 3.71. The van der Waals surface area contributed by atoms with E-state index < -0.39 is 37.6 Å². The van der Waals surface area contributed by atoms with Gasteiger partial charge in [-0.1, -0.05) is 10.6 Å². The SMILES string of the molecule is C[Si](C)(O)CCCc1cncc(CC(O)(OP(O)O)O[P+](=O)O)c1. The Morgan fingerprint density at radius 1 is 1.33 bits per heavy atom. The molecule has 2 unspecified atom stereocenters. The molecule has 0 fully saturated rings. The van der Waals surface area contributed by atoms with Crippen LogP contribution in [0.5, 0.6) is 0 Å². The van der Waals surface area contributed by atoms with Gasteiger partial charge in [0.15, 0.2) is 8.32 Å². The van der Waals surface area contributed by atoms with Crippen molar-refractivity contribution in [2.45, 2.75) is 44.4 Å².